The minimum absolute atomic E-state index is 0.0878. The van der Waals surface area contributed by atoms with Crippen molar-refractivity contribution in [2.75, 3.05) is 19.0 Å². The van der Waals surface area contributed by atoms with Crippen molar-refractivity contribution in [3.05, 3.63) is 54.6 Å². The van der Waals surface area contributed by atoms with Crippen LogP contribution in [-0.2, 0) is 19.6 Å². The van der Waals surface area contributed by atoms with Crippen LogP contribution in [0.1, 0.15) is 13.8 Å². The number of carbonyl (C=O) groups excluding carboxylic acids is 2. The van der Waals surface area contributed by atoms with Crippen LogP contribution in [0.4, 0.5) is 5.69 Å². The molecule has 0 aliphatic heterocycles. The van der Waals surface area contributed by atoms with E-state index in [1.165, 1.54) is 31.3 Å². The number of anilines is 1. The van der Waals surface area contributed by atoms with Crippen molar-refractivity contribution in [2.45, 2.75) is 24.8 Å². The molecule has 0 radical (unpaired) electrons. The quantitative estimate of drug-likeness (QED) is 0.573. The van der Waals surface area contributed by atoms with E-state index in [9.17, 15) is 18.0 Å². The van der Waals surface area contributed by atoms with Crippen LogP contribution in [-0.4, -0.2) is 39.9 Å². The summed E-state index contributed by atoms with van der Waals surface area (Å²) in [7, 11) is -2.23. The first-order valence-corrected chi connectivity index (χ1v) is 10.5. The van der Waals surface area contributed by atoms with Crippen molar-refractivity contribution in [3.8, 4) is 5.75 Å². The van der Waals surface area contributed by atoms with E-state index in [0.29, 0.717) is 11.4 Å². The van der Waals surface area contributed by atoms with Crippen molar-refractivity contribution < 1.29 is 22.7 Å². The second-order valence-electron chi connectivity index (χ2n) is 6.61. The molecule has 0 aliphatic rings. The van der Waals surface area contributed by atoms with Crippen molar-refractivity contribution >= 4 is 27.5 Å². The fourth-order valence-electron chi connectivity index (χ4n) is 2.47. The molecular weight excluding hydrogens is 394 g/mol. The summed E-state index contributed by atoms with van der Waals surface area (Å²) in [5, 5.41) is 5.36. The molecule has 2 rings (SSSR count). The molecule has 0 aliphatic carbocycles. The van der Waals surface area contributed by atoms with E-state index in [1.807, 2.05) is 19.9 Å². The summed E-state index contributed by atoms with van der Waals surface area (Å²) in [5.74, 6) is -0.431. The number of hydrogen-bond donors (Lipinski definition) is 3. The molecule has 0 aromatic heterocycles. The van der Waals surface area contributed by atoms with Crippen LogP contribution >= 0.6 is 0 Å². The van der Waals surface area contributed by atoms with Gasteiger partial charge in [-0.05, 0) is 49.4 Å². The van der Waals surface area contributed by atoms with E-state index in [0.717, 1.165) is 0 Å². The van der Waals surface area contributed by atoms with Gasteiger partial charge in [-0.15, -0.1) is 0 Å². The van der Waals surface area contributed by atoms with Crippen LogP contribution < -0.4 is 20.1 Å². The van der Waals surface area contributed by atoms with Crippen LogP contribution in [0.3, 0.4) is 0 Å². The van der Waals surface area contributed by atoms with Gasteiger partial charge in [0.05, 0.1) is 4.90 Å². The smallest absolute Gasteiger partial charge is 0.258 e. The molecule has 8 nitrogen and oxygen atoms in total. The standard InChI is InChI=1S/C20H25N3O5S/c1-14(2)19(23-18(24)13-28-16-7-5-4-6-8-16)20(25)22-15-9-11-17(12-10-15)29(26,27)21-3/h4-12,14,19,21H,13H2,1-3H3,(H,22,25)(H,23,24)/t19-/m0/s1. The maximum Gasteiger partial charge on any atom is 0.258 e. The fourth-order valence-corrected chi connectivity index (χ4v) is 3.20. The summed E-state index contributed by atoms with van der Waals surface area (Å²) in [6, 6.07) is 13.9. The van der Waals surface area contributed by atoms with Gasteiger partial charge in [0.1, 0.15) is 11.8 Å². The molecular formula is C20H25N3O5S. The molecule has 156 valence electrons. The normalized spacial score (nSPS) is 12.3. The average Bonchev–Trinajstić information content (AvgIpc) is 2.71. The zero-order valence-electron chi connectivity index (χ0n) is 16.5. The van der Waals surface area contributed by atoms with Crippen LogP contribution in [0.2, 0.25) is 0 Å². The van der Waals surface area contributed by atoms with Crippen molar-refractivity contribution in [3.63, 3.8) is 0 Å². The molecule has 0 saturated heterocycles. The SMILES string of the molecule is CNS(=O)(=O)c1ccc(NC(=O)[C@@H](NC(=O)COc2ccccc2)C(C)C)cc1. The number of sulfonamides is 1. The molecule has 2 amide bonds. The van der Waals surface area contributed by atoms with Gasteiger partial charge in [-0.3, -0.25) is 9.59 Å². The van der Waals surface area contributed by atoms with E-state index < -0.39 is 27.9 Å². The van der Waals surface area contributed by atoms with Gasteiger partial charge >= 0.3 is 0 Å². The van der Waals surface area contributed by atoms with Gasteiger partial charge in [-0.25, -0.2) is 13.1 Å². The van der Waals surface area contributed by atoms with E-state index in [2.05, 4.69) is 15.4 Å². The number of benzene rings is 2. The van der Waals surface area contributed by atoms with Crippen LogP contribution in [0.25, 0.3) is 0 Å². The van der Waals surface area contributed by atoms with E-state index in [-0.39, 0.29) is 17.4 Å². The van der Waals surface area contributed by atoms with Crippen molar-refractivity contribution in [1.29, 1.82) is 0 Å². The Morgan fingerprint density at radius 1 is 1.00 bits per heavy atom. The first-order chi connectivity index (χ1) is 13.7. The molecule has 2 aromatic carbocycles. The van der Waals surface area contributed by atoms with Gasteiger partial charge < -0.3 is 15.4 Å². The Kier molecular flexibility index (Phi) is 7.74. The Balaban J connectivity index is 1.97. The molecule has 29 heavy (non-hydrogen) atoms. The molecule has 0 fully saturated rings. The average molecular weight is 420 g/mol. The third-order valence-corrected chi connectivity index (χ3v) is 5.51. The summed E-state index contributed by atoms with van der Waals surface area (Å²) in [6.07, 6.45) is 0. The Labute approximate surface area is 170 Å². The lowest BCUT2D eigenvalue weighted by Gasteiger charge is -2.22. The predicted octanol–water partition coefficient (Wildman–Crippen LogP) is 1.75. The Bertz CT molecular complexity index is 928. The van der Waals surface area contributed by atoms with E-state index >= 15 is 0 Å². The number of rotatable bonds is 9. The van der Waals surface area contributed by atoms with Crippen molar-refractivity contribution in [2.24, 2.45) is 5.92 Å². The second-order valence-corrected chi connectivity index (χ2v) is 8.50. The molecule has 0 heterocycles. The number of para-hydroxylation sites is 1. The minimum Gasteiger partial charge on any atom is -0.484 e. The molecule has 0 saturated carbocycles. The van der Waals surface area contributed by atoms with Gasteiger partial charge in [0.25, 0.3) is 5.91 Å². The molecule has 3 N–H and O–H groups in total. The van der Waals surface area contributed by atoms with Crippen LogP contribution in [0.5, 0.6) is 5.75 Å². The summed E-state index contributed by atoms with van der Waals surface area (Å²) in [6.45, 7) is 3.41. The third-order valence-electron chi connectivity index (χ3n) is 4.08. The highest BCUT2D eigenvalue weighted by Crippen LogP contribution is 2.15. The molecule has 0 spiro atoms. The minimum atomic E-state index is -3.55. The zero-order chi connectivity index (χ0) is 21.4. The van der Waals surface area contributed by atoms with Gasteiger partial charge in [0, 0.05) is 5.69 Å². The Morgan fingerprint density at radius 3 is 2.17 bits per heavy atom. The lowest BCUT2D eigenvalue weighted by atomic mass is 10.0. The van der Waals surface area contributed by atoms with Gasteiger partial charge in [-0.2, -0.15) is 0 Å². The maximum atomic E-state index is 12.6. The number of nitrogens with one attached hydrogen (secondary N) is 3. The predicted molar refractivity (Wildman–Crippen MR) is 110 cm³/mol. The Morgan fingerprint density at radius 2 is 1.62 bits per heavy atom. The van der Waals surface area contributed by atoms with Crippen molar-refractivity contribution in [1.82, 2.24) is 10.0 Å². The number of ether oxygens (including phenoxy) is 1. The van der Waals surface area contributed by atoms with Gasteiger partial charge in [0.15, 0.2) is 6.61 Å². The topological polar surface area (TPSA) is 114 Å². The molecule has 0 bridgehead atoms. The van der Waals surface area contributed by atoms with Crippen LogP contribution in [0, 0.1) is 5.92 Å². The highest BCUT2D eigenvalue weighted by molar-refractivity contribution is 7.89. The van der Waals surface area contributed by atoms with Crippen LogP contribution in [0.15, 0.2) is 59.5 Å². The lowest BCUT2D eigenvalue weighted by molar-refractivity contribution is -0.128. The lowest BCUT2D eigenvalue weighted by Crippen LogP contribution is -2.48. The number of carbonyl (C=O) groups is 2. The molecule has 2 aromatic rings. The first kappa shape index (κ1) is 22.4. The molecule has 9 heteroatoms. The summed E-state index contributed by atoms with van der Waals surface area (Å²) < 4.78 is 31.1. The first-order valence-electron chi connectivity index (χ1n) is 9.04. The molecule has 1 atom stereocenters. The number of amides is 2. The highest BCUT2D eigenvalue weighted by Gasteiger charge is 2.24. The van der Waals surface area contributed by atoms with E-state index in [1.54, 1.807) is 24.3 Å². The molecule has 0 unspecified atom stereocenters. The Hall–Kier alpha value is -2.91. The van der Waals surface area contributed by atoms with E-state index in [4.69, 9.17) is 4.74 Å². The summed E-state index contributed by atoms with van der Waals surface area (Å²) in [4.78, 5) is 24.9. The largest absolute Gasteiger partial charge is 0.484 e. The maximum absolute atomic E-state index is 12.6. The number of hydrogen-bond acceptors (Lipinski definition) is 5. The zero-order valence-corrected chi connectivity index (χ0v) is 17.3. The fraction of sp³-hybridized carbons (Fsp3) is 0.300. The summed E-state index contributed by atoms with van der Waals surface area (Å²) >= 11 is 0. The monoisotopic (exact) mass is 419 g/mol. The summed E-state index contributed by atoms with van der Waals surface area (Å²) in [5.41, 5.74) is 0.422. The van der Waals surface area contributed by atoms with Gasteiger partial charge in [0.2, 0.25) is 15.9 Å². The third kappa shape index (κ3) is 6.58. The highest BCUT2D eigenvalue weighted by atomic mass is 32.2. The van der Waals surface area contributed by atoms with Gasteiger partial charge in [-0.1, -0.05) is 32.0 Å². The second kappa shape index (κ2) is 10.0.